The third kappa shape index (κ3) is 3.03. The summed E-state index contributed by atoms with van der Waals surface area (Å²) < 4.78 is 14.5. The minimum atomic E-state index is -1.00. The summed E-state index contributed by atoms with van der Waals surface area (Å²) >= 11 is 0. The molecule has 0 bridgehead atoms. The van der Waals surface area contributed by atoms with Crippen molar-refractivity contribution in [2.75, 3.05) is 18.4 Å². The summed E-state index contributed by atoms with van der Waals surface area (Å²) in [6.45, 7) is 6.88. The van der Waals surface area contributed by atoms with Gasteiger partial charge in [-0.3, -0.25) is 14.9 Å². The van der Waals surface area contributed by atoms with Crippen molar-refractivity contribution in [3.05, 3.63) is 58.7 Å². The Balaban J connectivity index is 1.35. The lowest BCUT2D eigenvalue weighted by atomic mass is 9.84. The van der Waals surface area contributed by atoms with E-state index in [-0.39, 0.29) is 30.6 Å². The maximum absolute atomic E-state index is 14.5. The highest BCUT2D eigenvalue weighted by molar-refractivity contribution is 6.01. The van der Waals surface area contributed by atoms with Gasteiger partial charge in [0.15, 0.2) is 0 Å². The minimum absolute atomic E-state index is 0.0610. The fraction of sp³-hybridized carbons (Fsp3) is 0.381. The van der Waals surface area contributed by atoms with E-state index in [0.717, 1.165) is 18.4 Å². The zero-order valence-electron chi connectivity index (χ0n) is 15.6. The van der Waals surface area contributed by atoms with E-state index in [2.05, 4.69) is 20.1 Å². The first kappa shape index (κ1) is 17.7. The third-order valence-electron chi connectivity index (χ3n) is 5.96. The summed E-state index contributed by atoms with van der Waals surface area (Å²) in [5.74, 6) is -0.127. The van der Waals surface area contributed by atoms with Crippen LogP contribution in [-0.2, 0) is 10.2 Å². The van der Waals surface area contributed by atoms with Gasteiger partial charge in [-0.2, -0.15) is 0 Å². The molecular weight excluding hydrogens is 373 g/mol. The molecule has 2 atom stereocenters. The number of amides is 2. The van der Waals surface area contributed by atoms with Crippen molar-refractivity contribution in [3.8, 4) is 0 Å². The van der Waals surface area contributed by atoms with E-state index in [9.17, 15) is 14.0 Å². The molecule has 1 spiro atoms. The molecule has 146 valence electrons. The Labute approximate surface area is 166 Å². The van der Waals surface area contributed by atoms with Gasteiger partial charge in [-0.1, -0.05) is 12.1 Å². The average molecular weight is 391 g/mol. The summed E-state index contributed by atoms with van der Waals surface area (Å²) in [5.41, 5.74) is 2.05. The molecule has 2 aromatic rings. The summed E-state index contributed by atoms with van der Waals surface area (Å²) in [4.78, 5) is 37.8. The molecule has 8 heteroatoms. The second kappa shape index (κ2) is 6.34. The second-order valence-electron chi connectivity index (χ2n) is 7.99. The average Bonchev–Trinajstić information content (AvgIpc) is 3.64. The number of anilines is 1. The second-order valence-corrected chi connectivity index (χ2v) is 7.99. The molecule has 3 aliphatic rings. The van der Waals surface area contributed by atoms with Crippen LogP contribution in [0.15, 0.2) is 30.6 Å². The molecule has 0 saturated heterocycles. The Morgan fingerprint density at radius 3 is 2.69 bits per heavy atom. The zero-order valence-corrected chi connectivity index (χ0v) is 15.6. The lowest BCUT2D eigenvalue weighted by molar-refractivity contribution is -0.117. The highest BCUT2D eigenvalue weighted by Gasteiger charge is 2.61. The van der Waals surface area contributed by atoms with Crippen LogP contribution in [0, 0.1) is 6.57 Å². The first-order valence-electron chi connectivity index (χ1n) is 9.57. The molecule has 2 amide bonds. The zero-order chi connectivity index (χ0) is 20.2. The van der Waals surface area contributed by atoms with Gasteiger partial charge in [0.2, 0.25) is 17.5 Å². The Hall–Kier alpha value is -3.34. The number of hydrogen-bond donors (Lipinski definition) is 1. The fourth-order valence-electron chi connectivity index (χ4n) is 4.11. The number of fused-ring (bicyclic) bond motifs is 2. The van der Waals surface area contributed by atoms with Crippen molar-refractivity contribution in [3.63, 3.8) is 0 Å². The van der Waals surface area contributed by atoms with Gasteiger partial charge in [0.25, 0.3) is 5.91 Å². The van der Waals surface area contributed by atoms with E-state index in [1.807, 2.05) is 12.1 Å². The summed E-state index contributed by atoms with van der Waals surface area (Å²) in [6, 6.07) is 5.75. The molecule has 5 rings (SSSR count). The van der Waals surface area contributed by atoms with Crippen LogP contribution < -0.4 is 5.32 Å². The van der Waals surface area contributed by atoms with E-state index in [1.54, 1.807) is 6.07 Å². The number of nitrogens with one attached hydrogen (secondary N) is 1. The van der Waals surface area contributed by atoms with Gasteiger partial charge in [0.05, 0.1) is 6.57 Å². The van der Waals surface area contributed by atoms with Gasteiger partial charge >= 0.3 is 0 Å². The number of halogens is 1. The highest BCUT2D eigenvalue weighted by Crippen LogP contribution is 2.55. The van der Waals surface area contributed by atoms with Crippen LogP contribution >= 0.6 is 0 Å². The molecule has 0 unspecified atom stereocenters. The number of alkyl halides is 1. The van der Waals surface area contributed by atoms with Gasteiger partial charge in [-0.25, -0.2) is 19.2 Å². The number of rotatable bonds is 4. The maximum atomic E-state index is 14.5. The number of carbonyl (C=O) groups excluding carboxylic acids is 2. The Morgan fingerprint density at radius 2 is 2.07 bits per heavy atom. The molecule has 2 aliphatic carbocycles. The van der Waals surface area contributed by atoms with E-state index in [0.29, 0.717) is 17.9 Å². The smallest absolute Gasteiger partial charge is 0.254 e. The number of aromatic nitrogens is 2. The molecule has 2 fully saturated rings. The fourth-order valence-corrected chi connectivity index (χ4v) is 4.11. The van der Waals surface area contributed by atoms with E-state index >= 15 is 0 Å². The van der Waals surface area contributed by atoms with Crippen LogP contribution in [0.25, 0.3) is 4.85 Å². The first-order valence-corrected chi connectivity index (χ1v) is 9.57. The van der Waals surface area contributed by atoms with Crippen molar-refractivity contribution >= 4 is 23.5 Å². The van der Waals surface area contributed by atoms with Crippen molar-refractivity contribution in [1.29, 1.82) is 0 Å². The molecule has 29 heavy (non-hydrogen) atoms. The molecule has 1 N–H and O–H groups in total. The van der Waals surface area contributed by atoms with E-state index in [4.69, 9.17) is 6.57 Å². The summed E-state index contributed by atoms with van der Waals surface area (Å²) in [7, 11) is 0. The number of benzene rings is 1. The van der Waals surface area contributed by atoms with Gasteiger partial charge < -0.3 is 4.90 Å². The lowest BCUT2D eigenvalue weighted by Crippen LogP contribution is -2.47. The standard InChI is InChI=1S/C21H18FN5O2/c1-23-14-8-24-20(25-9-14)26-18(28)10-27-11-21(7-17(21)22)16-6-13(12-2-3-12)4-5-15(16)19(27)29/h4-6,8-9,12,17H,2-3,7,10-11H2,(H,24,25,26,28)/t17-,21+/m1/s1. The van der Waals surface area contributed by atoms with Crippen molar-refractivity contribution in [2.24, 2.45) is 0 Å². The van der Waals surface area contributed by atoms with Crippen LogP contribution in [0.3, 0.4) is 0 Å². The van der Waals surface area contributed by atoms with Crippen LogP contribution in [0.2, 0.25) is 0 Å². The predicted octanol–water partition coefficient (Wildman–Crippen LogP) is 2.98. The monoisotopic (exact) mass is 391 g/mol. The first-order chi connectivity index (χ1) is 14.0. The van der Waals surface area contributed by atoms with Crippen molar-refractivity contribution in [2.45, 2.75) is 36.8 Å². The summed E-state index contributed by atoms with van der Waals surface area (Å²) in [5, 5.41) is 2.52. The van der Waals surface area contributed by atoms with E-state index < -0.39 is 17.5 Å². The van der Waals surface area contributed by atoms with Crippen LogP contribution in [-0.4, -0.2) is 45.9 Å². The highest BCUT2D eigenvalue weighted by atomic mass is 19.1. The molecule has 2 saturated carbocycles. The van der Waals surface area contributed by atoms with Crippen LogP contribution in [0.1, 0.15) is 46.7 Å². The van der Waals surface area contributed by atoms with Gasteiger partial charge in [-0.15, -0.1) is 0 Å². The Kier molecular flexibility index (Phi) is 3.88. The van der Waals surface area contributed by atoms with Crippen molar-refractivity contribution < 1.29 is 14.0 Å². The molecule has 1 aliphatic heterocycles. The van der Waals surface area contributed by atoms with Crippen LogP contribution in [0.4, 0.5) is 16.0 Å². The number of nitrogens with zero attached hydrogens (tertiary/aromatic N) is 4. The largest absolute Gasteiger partial charge is 0.328 e. The summed E-state index contributed by atoms with van der Waals surface area (Å²) in [6.07, 6.45) is 4.28. The number of carbonyl (C=O) groups is 2. The topological polar surface area (TPSA) is 79.5 Å². The maximum Gasteiger partial charge on any atom is 0.254 e. The van der Waals surface area contributed by atoms with Crippen LogP contribution in [0.5, 0.6) is 0 Å². The predicted molar refractivity (Wildman–Crippen MR) is 102 cm³/mol. The minimum Gasteiger partial charge on any atom is -0.328 e. The molecule has 1 aromatic carbocycles. The van der Waals surface area contributed by atoms with E-state index in [1.165, 1.54) is 22.9 Å². The van der Waals surface area contributed by atoms with Crippen molar-refractivity contribution in [1.82, 2.24) is 14.9 Å². The van der Waals surface area contributed by atoms with Gasteiger partial charge in [0.1, 0.15) is 12.7 Å². The Bertz CT molecular complexity index is 1060. The molecule has 2 heterocycles. The molecule has 0 radical (unpaired) electrons. The quantitative estimate of drug-likeness (QED) is 0.813. The molecule has 7 nitrogen and oxygen atoms in total. The number of hydrogen-bond acceptors (Lipinski definition) is 4. The normalized spacial score (nSPS) is 24.8. The molecular formula is C21H18FN5O2. The third-order valence-corrected chi connectivity index (χ3v) is 5.96. The Morgan fingerprint density at radius 1 is 1.34 bits per heavy atom. The van der Waals surface area contributed by atoms with Gasteiger partial charge in [0, 0.05) is 29.9 Å². The molecule has 1 aromatic heterocycles. The van der Waals surface area contributed by atoms with Gasteiger partial charge in [-0.05, 0) is 42.4 Å². The SMILES string of the molecule is [C-]#[N+]c1cnc(NC(=O)CN2C[C@@]3(C[C@H]3F)c3cc(C4CC4)ccc3C2=O)nc1. The lowest BCUT2D eigenvalue weighted by Gasteiger charge is -2.34.